The minimum absolute atomic E-state index is 0.0479. The zero-order valence-electron chi connectivity index (χ0n) is 12.5. The minimum Gasteiger partial charge on any atom is -0.464 e. The summed E-state index contributed by atoms with van der Waals surface area (Å²) in [5.74, 6) is -0.662. The second-order valence-electron chi connectivity index (χ2n) is 5.09. The molecule has 0 unspecified atom stereocenters. The Kier molecular flexibility index (Phi) is 4.94. The van der Waals surface area contributed by atoms with E-state index in [2.05, 4.69) is 20.0 Å². The molecule has 118 valence electrons. The fourth-order valence-corrected chi connectivity index (χ4v) is 2.45. The highest BCUT2D eigenvalue weighted by atomic mass is 32.1. The highest BCUT2D eigenvalue weighted by Crippen LogP contribution is 2.25. The largest absolute Gasteiger partial charge is 0.464 e. The lowest BCUT2D eigenvalue weighted by molar-refractivity contribution is -0.118. The van der Waals surface area contributed by atoms with Crippen molar-refractivity contribution in [3.8, 4) is 11.3 Å². The number of anilines is 1. The standard InChI is InChI=1S/C14H18N4O3S/c1-7(2)11(15)12(19)18-14-17-10(6-22-14)8-4-9(16-5-8)13(20)21-3/h4-7,11,16H,15H2,1-3H3,(H,17,18,19)/t11-/m0/s1. The first-order chi connectivity index (χ1) is 10.4. The number of nitrogens with one attached hydrogen (secondary N) is 2. The Hall–Kier alpha value is -2.19. The maximum atomic E-state index is 11.9. The molecule has 0 bridgehead atoms. The number of hydrogen-bond donors (Lipinski definition) is 3. The summed E-state index contributed by atoms with van der Waals surface area (Å²) in [4.78, 5) is 30.4. The molecular weight excluding hydrogens is 304 g/mol. The van der Waals surface area contributed by atoms with Crippen LogP contribution in [0.3, 0.4) is 0 Å². The zero-order valence-corrected chi connectivity index (χ0v) is 13.4. The van der Waals surface area contributed by atoms with Gasteiger partial charge in [-0.15, -0.1) is 11.3 Å². The number of nitrogens with zero attached hydrogens (tertiary/aromatic N) is 1. The van der Waals surface area contributed by atoms with Crippen molar-refractivity contribution in [3.63, 3.8) is 0 Å². The van der Waals surface area contributed by atoms with Crippen molar-refractivity contribution < 1.29 is 14.3 Å². The number of H-pyrrole nitrogens is 1. The van der Waals surface area contributed by atoms with E-state index in [-0.39, 0.29) is 11.8 Å². The predicted octanol–water partition coefficient (Wildman–Crippen LogP) is 1.85. The summed E-state index contributed by atoms with van der Waals surface area (Å²) in [6.07, 6.45) is 1.66. The first-order valence-corrected chi connectivity index (χ1v) is 7.59. The minimum atomic E-state index is -0.578. The molecule has 0 aliphatic heterocycles. The Bertz CT molecular complexity index is 677. The molecule has 0 spiro atoms. The van der Waals surface area contributed by atoms with Crippen molar-refractivity contribution in [3.05, 3.63) is 23.3 Å². The predicted molar refractivity (Wildman–Crippen MR) is 84.7 cm³/mol. The van der Waals surface area contributed by atoms with Gasteiger partial charge in [-0.3, -0.25) is 4.79 Å². The Labute approximate surface area is 131 Å². The van der Waals surface area contributed by atoms with E-state index >= 15 is 0 Å². The van der Waals surface area contributed by atoms with E-state index in [9.17, 15) is 9.59 Å². The number of carbonyl (C=O) groups is 2. The van der Waals surface area contributed by atoms with Crippen molar-refractivity contribution in [1.29, 1.82) is 0 Å². The van der Waals surface area contributed by atoms with Gasteiger partial charge in [0.05, 0.1) is 18.8 Å². The zero-order chi connectivity index (χ0) is 16.3. The topological polar surface area (TPSA) is 110 Å². The van der Waals surface area contributed by atoms with Crippen LogP contribution in [0.1, 0.15) is 24.3 Å². The van der Waals surface area contributed by atoms with E-state index in [1.165, 1.54) is 18.4 Å². The number of rotatable bonds is 5. The van der Waals surface area contributed by atoms with Crippen LogP contribution in [0, 0.1) is 5.92 Å². The smallest absolute Gasteiger partial charge is 0.354 e. The number of nitrogens with two attached hydrogens (primary N) is 1. The number of methoxy groups -OCH3 is 1. The third-order valence-electron chi connectivity index (χ3n) is 3.14. The molecule has 8 heteroatoms. The normalized spacial score (nSPS) is 12.2. The number of aromatic amines is 1. The van der Waals surface area contributed by atoms with Crippen LogP contribution in [0.2, 0.25) is 0 Å². The summed E-state index contributed by atoms with van der Waals surface area (Å²) in [5.41, 5.74) is 7.53. The summed E-state index contributed by atoms with van der Waals surface area (Å²) in [7, 11) is 1.32. The van der Waals surface area contributed by atoms with Gasteiger partial charge < -0.3 is 20.8 Å². The molecule has 1 amide bonds. The molecule has 0 saturated carbocycles. The van der Waals surface area contributed by atoms with Gasteiger partial charge in [-0.25, -0.2) is 9.78 Å². The van der Waals surface area contributed by atoms with Crippen LogP contribution in [0.15, 0.2) is 17.6 Å². The van der Waals surface area contributed by atoms with Gasteiger partial charge in [0.15, 0.2) is 5.13 Å². The maximum absolute atomic E-state index is 11.9. The molecule has 0 aromatic carbocycles. The van der Waals surface area contributed by atoms with Crippen molar-refractivity contribution in [2.24, 2.45) is 11.7 Å². The van der Waals surface area contributed by atoms with E-state index in [1.807, 2.05) is 13.8 Å². The molecule has 4 N–H and O–H groups in total. The number of ether oxygens (including phenoxy) is 1. The Balaban J connectivity index is 2.10. The number of carbonyl (C=O) groups excluding carboxylic acids is 2. The van der Waals surface area contributed by atoms with Crippen LogP contribution in [-0.2, 0) is 9.53 Å². The molecule has 22 heavy (non-hydrogen) atoms. The average Bonchev–Trinajstić information content (AvgIpc) is 3.14. The Morgan fingerprint density at radius 2 is 2.18 bits per heavy atom. The second-order valence-corrected chi connectivity index (χ2v) is 5.95. The number of esters is 1. The van der Waals surface area contributed by atoms with Gasteiger partial charge in [0.2, 0.25) is 5.91 Å². The summed E-state index contributed by atoms with van der Waals surface area (Å²) >= 11 is 1.30. The van der Waals surface area contributed by atoms with Crippen molar-refractivity contribution >= 4 is 28.3 Å². The molecule has 2 aromatic rings. The van der Waals surface area contributed by atoms with E-state index in [0.29, 0.717) is 16.5 Å². The Morgan fingerprint density at radius 1 is 1.45 bits per heavy atom. The summed E-state index contributed by atoms with van der Waals surface area (Å²) in [6.45, 7) is 3.76. The third kappa shape index (κ3) is 3.52. The fraction of sp³-hybridized carbons (Fsp3) is 0.357. The SMILES string of the molecule is COC(=O)c1cc(-c2csc(NC(=O)[C@@H](N)C(C)C)n2)c[nH]1. The molecule has 2 heterocycles. The first-order valence-electron chi connectivity index (χ1n) is 6.71. The van der Waals surface area contributed by atoms with Gasteiger partial charge >= 0.3 is 5.97 Å². The van der Waals surface area contributed by atoms with Crippen molar-refractivity contribution in [2.45, 2.75) is 19.9 Å². The number of amides is 1. The van der Waals surface area contributed by atoms with Gasteiger partial charge in [0.25, 0.3) is 0 Å². The van der Waals surface area contributed by atoms with E-state index in [0.717, 1.165) is 5.56 Å². The molecule has 0 aliphatic rings. The molecule has 0 aliphatic carbocycles. The lowest BCUT2D eigenvalue weighted by Crippen LogP contribution is -2.39. The monoisotopic (exact) mass is 322 g/mol. The second kappa shape index (κ2) is 6.71. The van der Waals surface area contributed by atoms with Crippen LogP contribution in [0.25, 0.3) is 11.3 Å². The molecular formula is C14H18N4O3S. The highest BCUT2D eigenvalue weighted by Gasteiger charge is 2.19. The number of thiazole rings is 1. The van der Waals surface area contributed by atoms with E-state index in [4.69, 9.17) is 5.73 Å². The van der Waals surface area contributed by atoms with E-state index in [1.54, 1.807) is 17.6 Å². The number of aromatic nitrogens is 2. The van der Waals surface area contributed by atoms with Crippen LogP contribution in [-0.4, -0.2) is 35.0 Å². The molecule has 7 nitrogen and oxygen atoms in total. The van der Waals surface area contributed by atoms with Gasteiger partial charge in [0, 0.05) is 17.1 Å². The van der Waals surface area contributed by atoms with Crippen molar-refractivity contribution in [1.82, 2.24) is 9.97 Å². The molecule has 0 radical (unpaired) electrons. The molecule has 1 atom stereocenters. The summed E-state index contributed by atoms with van der Waals surface area (Å²) in [6, 6.07) is 1.07. The van der Waals surface area contributed by atoms with E-state index < -0.39 is 12.0 Å². The van der Waals surface area contributed by atoms with Gasteiger partial charge in [0.1, 0.15) is 5.69 Å². The van der Waals surface area contributed by atoms with Crippen LogP contribution in [0.4, 0.5) is 5.13 Å². The average molecular weight is 322 g/mol. The van der Waals surface area contributed by atoms with Crippen molar-refractivity contribution in [2.75, 3.05) is 12.4 Å². The lowest BCUT2D eigenvalue weighted by atomic mass is 10.1. The van der Waals surface area contributed by atoms with Gasteiger partial charge in [-0.2, -0.15) is 0 Å². The molecule has 0 fully saturated rings. The van der Waals surface area contributed by atoms with Crippen LogP contribution >= 0.6 is 11.3 Å². The Morgan fingerprint density at radius 3 is 2.82 bits per heavy atom. The van der Waals surface area contributed by atoms with Crippen LogP contribution in [0.5, 0.6) is 0 Å². The molecule has 0 saturated heterocycles. The van der Waals surface area contributed by atoms with Gasteiger partial charge in [-0.1, -0.05) is 13.8 Å². The van der Waals surface area contributed by atoms with Crippen LogP contribution < -0.4 is 11.1 Å². The summed E-state index contributed by atoms with van der Waals surface area (Å²) in [5, 5.41) is 4.96. The third-order valence-corrected chi connectivity index (χ3v) is 3.90. The maximum Gasteiger partial charge on any atom is 0.354 e. The lowest BCUT2D eigenvalue weighted by Gasteiger charge is -2.13. The molecule has 2 aromatic heterocycles. The quantitative estimate of drug-likeness (QED) is 0.728. The highest BCUT2D eigenvalue weighted by molar-refractivity contribution is 7.14. The fourth-order valence-electron chi connectivity index (χ4n) is 1.73. The summed E-state index contributed by atoms with van der Waals surface area (Å²) < 4.78 is 4.63. The molecule has 2 rings (SSSR count). The first kappa shape index (κ1) is 16.2. The number of hydrogen-bond acceptors (Lipinski definition) is 6. The van der Waals surface area contributed by atoms with Gasteiger partial charge in [-0.05, 0) is 12.0 Å².